The Labute approximate surface area is 136 Å². The molecule has 0 bridgehead atoms. The zero-order chi connectivity index (χ0) is 15.9. The number of aryl methyl sites for hydroxylation is 1. The van der Waals surface area contributed by atoms with Crippen LogP contribution in [0.1, 0.15) is 31.2 Å². The highest BCUT2D eigenvalue weighted by atomic mass is 32.2. The summed E-state index contributed by atoms with van der Waals surface area (Å²) in [7, 11) is 0. The fourth-order valence-corrected chi connectivity index (χ4v) is 3.43. The number of rotatable bonds is 6. The first-order chi connectivity index (χ1) is 10.6. The lowest BCUT2D eigenvalue weighted by atomic mass is 9.88. The number of piperidine rings is 1. The predicted octanol–water partition coefficient (Wildman–Crippen LogP) is 3.48. The van der Waals surface area contributed by atoms with Crippen molar-refractivity contribution in [3.05, 3.63) is 29.8 Å². The minimum atomic E-state index is -0.846. The summed E-state index contributed by atoms with van der Waals surface area (Å²) < 4.78 is 0. The Kier molecular flexibility index (Phi) is 6.58. The van der Waals surface area contributed by atoms with Gasteiger partial charge in [0, 0.05) is 18.0 Å². The molecule has 1 aliphatic rings. The normalized spacial score (nSPS) is 17.5. The quantitative estimate of drug-likeness (QED) is 0.787. The Morgan fingerprint density at radius 1 is 1.32 bits per heavy atom. The second-order valence-corrected chi connectivity index (χ2v) is 6.79. The summed E-state index contributed by atoms with van der Waals surface area (Å²) in [6, 6.07) is 8.59. The summed E-state index contributed by atoms with van der Waals surface area (Å²) in [6.45, 7) is 1.10. The van der Waals surface area contributed by atoms with E-state index in [9.17, 15) is 9.90 Å². The van der Waals surface area contributed by atoms with E-state index in [0.29, 0.717) is 13.1 Å². The largest absolute Gasteiger partial charge is 0.465 e. The van der Waals surface area contributed by atoms with Gasteiger partial charge in [-0.3, -0.25) is 0 Å². The molecule has 1 amide bonds. The number of aliphatic hydroxyl groups excluding tert-OH is 1. The molecule has 1 aliphatic heterocycles. The monoisotopic (exact) mass is 323 g/mol. The van der Waals surface area contributed by atoms with E-state index in [1.807, 2.05) is 0 Å². The van der Waals surface area contributed by atoms with E-state index in [-0.39, 0.29) is 12.0 Å². The molecule has 1 heterocycles. The lowest BCUT2D eigenvalue weighted by Crippen LogP contribution is -2.40. The van der Waals surface area contributed by atoms with E-state index in [0.717, 1.165) is 32.1 Å². The summed E-state index contributed by atoms with van der Waals surface area (Å²) in [5.74, 6) is 0.245. The van der Waals surface area contributed by atoms with Crippen LogP contribution in [0.15, 0.2) is 29.2 Å². The maximum atomic E-state index is 10.9. The molecule has 0 spiro atoms. The number of hydrogen-bond donors (Lipinski definition) is 2. The van der Waals surface area contributed by atoms with Crippen molar-refractivity contribution >= 4 is 17.9 Å². The van der Waals surface area contributed by atoms with Crippen LogP contribution < -0.4 is 0 Å². The van der Waals surface area contributed by atoms with Crippen LogP contribution in [0.2, 0.25) is 0 Å². The van der Waals surface area contributed by atoms with Crippen LogP contribution >= 0.6 is 11.8 Å². The first-order valence-corrected chi connectivity index (χ1v) is 9.11. The molecule has 2 N–H and O–H groups in total. The smallest absolute Gasteiger partial charge is 0.407 e. The standard InChI is InChI=1S/C17H25NO3S/c1-22-15-7-5-13(6-8-15)3-2-4-16(19)14-9-11-18(12-10-14)17(20)21/h5-8,14,16,19H,2-4,9-12H2,1H3,(H,20,21). The third-order valence-electron chi connectivity index (χ3n) is 4.48. The summed E-state index contributed by atoms with van der Waals surface area (Å²) >= 11 is 1.74. The first kappa shape index (κ1) is 17.2. The van der Waals surface area contributed by atoms with Gasteiger partial charge in [-0.15, -0.1) is 11.8 Å². The van der Waals surface area contributed by atoms with Gasteiger partial charge in [0.2, 0.25) is 0 Å². The number of carbonyl (C=O) groups is 1. The van der Waals surface area contributed by atoms with Crippen LogP contribution in [0.5, 0.6) is 0 Å². The number of amides is 1. The van der Waals surface area contributed by atoms with E-state index < -0.39 is 6.09 Å². The molecule has 4 nitrogen and oxygen atoms in total. The van der Waals surface area contributed by atoms with E-state index in [4.69, 9.17) is 5.11 Å². The lowest BCUT2D eigenvalue weighted by Gasteiger charge is -2.32. The molecule has 2 rings (SSSR count). The van der Waals surface area contributed by atoms with E-state index in [2.05, 4.69) is 30.5 Å². The molecule has 1 aromatic rings. The van der Waals surface area contributed by atoms with E-state index in [1.54, 1.807) is 11.8 Å². The third-order valence-corrected chi connectivity index (χ3v) is 5.22. The number of hydrogen-bond acceptors (Lipinski definition) is 3. The molecule has 1 fully saturated rings. The Morgan fingerprint density at radius 3 is 2.50 bits per heavy atom. The van der Waals surface area contributed by atoms with Crippen molar-refractivity contribution in [1.82, 2.24) is 4.90 Å². The second-order valence-electron chi connectivity index (χ2n) is 5.91. The highest BCUT2D eigenvalue weighted by molar-refractivity contribution is 7.98. The molecule has 22 heavy (non-hydrogen) atoms. The Hall–Kier alpha value is -1.20. The SMILES string of the molecule is CSc1ccc(CCCC(O)C2CCN(C(=O)O)CC2)cc1. The van der Waals surface area contributed by atoms with Crippen molar-refractivity contribution in [2.45, 2.75) is 43.1 Å². The lowest BCUT2D eigenvalue weighted by molar-refractivity contribution is 0.0517. The highest BCUT2D eigenvalue weighted by Gasteiger charge is 2.26. The van der Waals surface area contributed by atoms with Crippen molar-refractivity contribution in [3.63, 3.8) is 0 Å². The fourth-order valence-electron chi connectivity index (χ4n) is 3.02. The molecule has 1 saturated heterocycles. The van der Waals surface area contributed by atoms with Gasteiger partial charge in [-0.25, -0.2) is 4.79 Å². The Morgan fingerprint density at radius 2 is 1.95 bits per heavy atom. The van der Waals surface area contributed by atoms with E-state index in [1.165, 1.54) is 15.4 Å². The zero-order valence-electron chi connectivity index (χ0n) is 13.1. The maximum absolute atomic E-state index is 10.9. The van der Waals surface area contributed by atoms with Gasteiger partial charge < -0.3 is 15.1 Å². The van der Waals surface area contributed by atoms with E-state index >= 15 is 0 Å². The average molecular weight is 323 g/mol. The predicted molar refractivity (Wildman–Crippen MR) is 89.5 cm³/mol. The average Bonchev–Trinajstić information content (AvgIpc) is 2.55. The van der Waals surface area contributed by atoms with Gasteiger partial charge in [0.25, 0.3) is 0 Å². The minimum Gasteiger partial charge on any atom is -0.465 e. The van der Waals surface area contributed by atoms with Crippen LogP contribution in [-0.4, -0.2) is 46.7 Å². The molecule has 0 aliphatic carbocycles. The Balaban J connectivity index is 1.69. The minimum absolute atomic E-state index is 0.245. The van der Waals surface area contributed by atoms with Crippen LogP contribution in [-0.2, 0) is 6.42 Å². The molecule has 1 aromatic carbocycles. The number of benzene rings is 1. The number of thioether (sulfide) groups is 1. The van der Waals surface area contributed by atoms with Crippen LogP contribution in [0.3, 0.4) is 0 Å². The molecule has 1 atom stereocenters. The summed E-state index contributed by atoms with van der Waals surface area (Å²) in [6.07, 6.45) is 5.22. The second kappa shape index (κ2) is 8.44. The molecule has 0 radical (unpaired) electrons. The number of aliphatic hydroxyl groups is 1. The zero-order valence-corrected chi connectivity index (χ0v) is 13.9. The number of carboxylic acid groups (broad SMARTS) is 1. The number of likely N-dealkylation sites (tertiary alicyclic amines) is 1. The highest BCUT2D eigenvalue weighted by Crippen LogP contribution is 2.24. The van der Waals surface area contributed by atoms with Gasteiger partial charge in [0.1, 0.15) is 0 Å². The van der Waals surface area contributed by atoms with Crippen LogP contribution in [0.25, 0.3) is 0 Å². The van der Waals surface area contributed by atoms with Crippen molar-refractivity contribution < 1.29 is 15.0 Å². The molecule has 122 valence electrons. The van der Waals surface area contributed by atoms with Crippen LogP contribution in [0.4, 0.5) is 4.79 Å². The molecular weight excluding hydrogens is 298 g/mol. The first-order valence-electron chi connectivity index (χ1n) is 7.89. The summed E-state index contributed by atoms with van der Waals surface area (Å²) in [5.41, 5.74) is 1.31. The van der Waals surface area contributed by atoms with Crippen molar-refractivity contribution in [3.8, 4) is 0 Å². The summed E-state index contributed by atoms with van der Waals surface area (Å²) in [4.78, 5) is 13.6. The van der Waals surface area contributed by atoms with Crippen LogP contribution in [0, 0.1) is 5.92 Å². The molecule has 0 saturated carbocycles. The van der Waals surface area contributed by atoms with Gasteiger partial charge in [-0.2, -0.15) is 0 Å². The topological polar surface area (TPSA) is 60.8 Å². The molecule has 5 heteroatoms. The van der Waals surface area contributed by atoms with Gasteiger partial charge in [-0.1, -0.05) is 12.1 Å². The molecule has 0 aromatic heterocycles. The van der Waals surface area contributed by atoms with Gasteiger partial charge in [0.05, 0.1) is 6.10 Å². The van der Waals surface area contributed by atoms with Gasteiger partial charge >= 0.3 is 6.09 Å². The fraction of sp³-hybridized carbons (Fsp3) is 0.588. The Bertz CT molecular complexity index is 469. The van der Waals surface area contributed by atoms with Gasteiger partial charge in [-0.05, 0) is 62.0 Å². The van der Waals surface area contributed by atoms with Crippen molar-refractivity contribution in [1.29, 1.82) is 0 Å². The van der Waals surface area contributed by atoms with Crippen molar-refractivity contribution in [2.75, 3.05) is 19.3 Å². The summed E-state index contributed by atoms with van der Waals surface area (Å²) in [5, 5.41) is 19.2. The number of nitrogens with zero attached hydrogens (tertiary/aromatic N) is 1. The molecule has 1 unspecified atom stereocenters. The third kappa shape index (κ3) is 4.92. The van der Waals surface area contributed by atoms with Crippen molar-refractivity contribution in [2.24, 2.45) is 5.92 Å². The molecular formula is C17H25NO3S. The van der Waals surface area contributed by atoms with Gasteiger partial charge in [0.15, 0.2) is 0 Å². The maximum Gasteiger partial charge on any atom is 0.407 e.